The molecule has 18 heavy (non-hydrogen) atoms. The molecule has 0 aliphatic rings. The first-order chi connectivity index (χ1) is 8.60. The third-order valence-electron chi connectivity index (χ3n) is 2.75. The predicted molar refractivity (Wildman–Crippen MR) is 82.7 cm³/mol. The highest BCUT2D eigenvalue weighted by molar-refractivity contribution is 7.80. The van der Waals surface area contributed by atoms with Crippen molar-refractivity contribution in [3.63, 3.8) is 0 Å². The second kappa shape index (κ2) is 7.09. The molecule has 0 saturated heterocycles. The first-order valence-corrected chi connectivity index (χ1v) is 6.32. The summed E-state index contributed by atoms with van der Waals surface area (Å²) in [5, 5.41) is 0. The minimum atomic E-state index is -0.0726. The van der Waals surface area contributed by atoms with Gasteiger partial charge in [0.2, 0.25) is 0 Å². The lowest BCUT2D eigenvalue weighted by atomic mass is 10.0. The van der Waals surface area contributed by atoms with E-state index >= 15 is 0 Å². The van der Waals surface area contributed by atoms with Gasteiger partial charge in [-0.15, -0.1) is 13.2 Å². The fourth-order valence-electron chi connectivity index (χ4n) is 1.92. The summed E-state index contributed by atoms with van der Waals surface area (Å²) in [5.74, 6) is 0. The van der Waals surface area contributed by atoms with Crippen molar-refractivity contribution in [2.45, 2.75) is 13.0 Å². The quantitative estimate of drug-likeness (QED) is 0.603. The van der Waals surface area contributed by atoms with Gasteiger partial charge in [-0.1, -0.05) is 54.2 Å². The number of aryl methyl sites for hydroxylation is 1. The van der Waals surface area contributed by atoms with Crippen molar-refractivity contribution in [3.05, 3.63) is 60.7 Å². The van der Waals surface area contributed by atoms with Crippen LogP contribution < -0.4 is 5.73 Å². The lowest BCUT2D eigenvalue weighted by Crippen LogP contribution is -2.37. The van der Waals surface area contributed by atoms with Gasteiger partial charge in [-0.05, 0) is 12.5 Å². The summed E-state index contributed by atoms with van der Waals surface area (Å²) in [6.45, 7) is 11.1. The summed E-state index contributed by atoms with van der Waals surface area (Å²) in [4.78, 5) is 2.62. The van der Waals surface area contributed by atoms with Crippen molar-refractivity contribution in [1.29, 1.82) is 0 Å². The highest BCUT2D eigenvalue weighted by Gasteiger charge is 2.21. The highest BCUT2D eigenvalue weighted by Crippen LogP contribution is 2.21. The van der Waals surface area contributed by atoms with Gasteiger partial charge >= 0.3 is 0 Å². The summed E-state index contributed by atoms with van der Waals surface area (Å²) in [6.07, 6.45) is 3.70. The average Bonchev–Trinajstić information content (AvgIpc) is 2.32. The van der Waals surface area contributed by atoms with Gasteiger partial charge in [0.05, 0.1) is 11.0 Å². The molecule has 1 aromatic carbocycles. The van der Waals surface area contributed by atoms with Gasteiger partial charge in [-0.25, -0.2) is 0 Å². The normalized spacial score (nSPS) is 12.1. The molecule has 0 aliphatic carbocycles. The molecule has 0 heterocycles. The van der Waals surface area contributed by atoms with E-state index in [0.29, 0.717) is 4.99 Å². The summed E-state index contributed by atoms with van der Waals surface area (Å²) in [5.41, 5.74) is 8.22. The molecule has 0 fully saturated rings. The van der Waals surface area contributed by atoms with Crippen LogP contribution in [-0.4, -0.2) is 23.0 Å². The second-order valence-electron chi connectivity index (χ2n) is 4.25. The van der Waals surface area contributed by atoms with E-state index in [-0.39, 0.29) is 6.04 Å². The third kappa shape index (κ3) is 3.79. The largest absolute Gasteiger partial charge is 0.392 e. The number of hydrogen-bond donors (Lipinski definition) is 1. The summed E-state index contributed by atoms with van der Waals surface area (Å²) >= 11 is 5.20. The smallest absolute Gasteiger partial charge is 0.0948 e. The first kappa shape index (κ1) is 14.6. The van der Waals surface area contributed by atoms with Crippen LogP contribution in [0.5, 0.6) is 0 Å². The maximum absolute atomic E-state index is 5.89. The molecule has 3 heteroatoms. The van der Waals surface area contributed by atoms with Gasteiger partial charge in [0.1, 0.15) is 0 Å². The Kier molecular flexibility index (Phi) is 5.75. The molecule has 1 atom stereocenters. The van der Waals surface area contributed by atoms with Crippen molar-refractivity contribution in [3.8, 4) is 0 Å². The molecule has 0 aliphatic heterocycles. The van der Waals surface area contributed by atoms with Crippen LogP contribution in [0.1, 0.15) is 17.2 Å². The number of thiocarbonyl (C=S) groups is 1. The van der Waals surface area contributed by atoms with E-state index in [4.69, 9.17) is 18.0 Å². The van der Waals surface area contributed by atoms with Gasteiger partial charge in [0.25, 0.3) is 0 Å². The molecule has 0 saturated carbocycles. The van der Waals surface area contributed by atoms with Gasteiger partial charge < -0.3 is 5.73 Å². The number of hydrogen-bond acceptors (Lipinski definition) is 2. The Labute approximate surface area is 115 Å². The Morgan fingerprint density at radius 2 is 1.78 bits per heavy atom. The summed E-state index contributed by atoms with van der Waals surface area (Å²) < 4.78 is 0. The Hall–Kier alpha value is -1.45. The van der Waals surface area contributed by atoms with Crippen LogP contribution >= 0.6 is 12.2 Å². The number of benzene rings is 1. The molecule has 0 spiro atoms. The average molecular weight is 260 g/mol. The number of nitrogens with zero attached hydrogens (tertiary/aromatic N) is 1. The van der Waals surface area contributed by atoms with Crippen LogP contribution in [-0.2, 0) is 0 Å². The van der Waals surface area contributed by atoms with Crippen LogP contribution in [0.25, 0.3) is 0 Å². The SMILES string of the molecule is C=CCN(CC=C)C(C(N)=S)c1ccc(C)cc1. The third-order valence-corrected chi connectivity index (χ3v) is 2.98. The molecule has 1 aromatic rings. The van der Waals surface area contributed by atoms with Gasteiger partial charge in [-0.2, -0.15) is 0 Å². The van der Waals surface area contributed by atoms with Gasteiger partial charge in [-0.3, -0.25) is 4.90 Å². The zero-order valence-corrected chi connectivity index (χ0v) is 11.6. The van der Waals surface area contributed by atoms with Crippen LogP contribution in [0.4, 0.5) is 0 Å². The lowest BCUT2D eigenvalue weighted by Gasteiger charge is -2.29. The number of rotatable bonds is 7. The lowest BCUT2D eigenvalue weighted by molar-refractivity contribution is 0.301. The standard InChI is InChI=1S/C15H20N2S/c1-4-10-17(11-5-2)14(15(16)18)13-8-6-12(3)7-9-13/h4-9,14H,1-2,10-11H2,3H3,(H2,16,18). The van der Waals surface area contributed by atoms with Crippen molar-refractivity contribution >= 4 is 17.2 Å². The van der Waals surface area contributed by atoms with Crippen molar-refractivity contribution in [2.75, 3.05) is 13.1 Å². The topological polar surface area (TPSA) is 29.3 Å². The molecule has 1 unspecified atom stereocenters. The molecular formula is C15H20N2S. The Morgan fingerprint density at radius 1 is 1.28 bits per heavy atom. The minimum Gasteiger partial charge on any atom is -0.392 e. The monoisotopic (exact) mass is 260 g/mol. The fourth-order valence-corrected chi connectivity index (χ4v) is 2.21. The molecule has 0 amide bonds. The van der Waals surface area contributed by atoms with E-state index in [2.05, 4.69) is 49.2 Å². The van der Waals surface area contributed by atoms with E-state index in [1.165, 1.54) is 5.56 Å². The molecule has 0 aromatic heterocycles. The predicted octanol–water partition coefficient (Wildman–Crippen LogP) is 3.00. The van der Waals surface area contributed by atoms with Crippen molar-refractivity contribution in [2.24, 2.45) is 5.73 Å². The van der Waals surface area contributed by atoms with Gasteiger partial charge in [0.15, 0.2) is 0 Å². The second-order valence-corrected chi connectivity index (χ2v) is 4.72. The minimum absolute atomic E-state index is 0.0726. The Bertz CT molecular complexity index is 413. The maximum Gasteiger partial charge on any atom is 0.0948 e. The first-order valence-electron chi connectivity index (χ1n) is 5.92. The van der Waals surface area contributed by atoms with Gasteiger partial charge in [0, 0.05) is 13.1 Å². The van der Waals surface area contributed by atoms with E-state index in [1.54, 1.807) is 0 Å². The zero-order valence-electron chi connectivity index (χ0n) is 10.8. The van der Waals surface area contributed by atoms with Crippen LogP contribution in [0.3, 0.4) is 0 Å². The van der Waals surface area contributed by atoms with E-state index < -0.39 is 0 Å². The zero-order chi connectivity index (χ0) is 13.5. The number of nitrogens with two attached hydrogens (primary N) is 1. The van der Waals surface area contributed by atoms with Crippen LogP contribution in [0.2, 0.25) is 0 Å². The Balaban J connectivity index is 3.06. The molecule has 0 radical (unpaired) electrons. The molecule has 0 bridgehead atoms. The molecule has 1 rings (SSSR count). The highest BCUT2D eigenvalue weighted by atomic mass is 32.1. The van der Waals surface area contributed by atoms with Crippen molar-refractivity contribution in [1.82, 2.24) is 4.90 Å². The molecule has 96 valence electrons. The molecular weight excluding hydrogens is 240 g/mol. The van der Waals surface area contributed by atoms with E-state index in [1.807, 2.05) is 12.2 Å². The van der Waals surface area contributed by atoms with E-state index in [0.717, 1.165) is 18.7 Å². The summed E-state index contributed by atoms with van der Waals surface area (Å²) in [6, 6.07) is 8.20. The fraction of sp³-hybridized carbons (Fsp3) is 0.267. The maximum atomic E-state index is 5.89. The molecule has 2 N–H and O–H groups in total. The van der Waals surface area contributed by atoms with Crippen LogP contribution in [0, 0.1) is 6.92 Å². The molecule has 2 nitrogen and oxygen atoms in total. The van der Waals surface area contributed by atoms with Crippen LogP contribution in [0.15, 0.2) is 49.6 Å². The van der Waals surface area contributed by atoms with E-state index in [9.17, 15) is 0 Å². The Morgan fingerprint density at radius 3 is 2.17 bits per heavy atom. The summed E-state index contributed by atoms with van der Waals surface area (Å²) in [7, 11) is 0. The van der Waals surface area contributed by atoms with Crippen molar-refractivity contribution < 1.29 is 0 Å².